The van der Waals surface area contributed by atoms with Crippen LogP contribution >= 0.6 is 0 Å². The van der Waals surface area contributed by atoms with Crippen LogP contribution < -0.4 is 9.88 Å². The van der Waals surface area contributed by atoms with Gasteiger partial charge in [-0.15, -0.1) is 0 Å². The number of ether oxygens (including phenoxy) is 1. The van der Waals surface area contributed by atoms with Crippen LogP contribution in [0.5, 0.6) is 5.75 Å². The van der Waals surface area contributed by atoms with Crippen LogP contribution in [0.4, 0.5) is 8.78 Å². The predicted octanol–water partition coefficient (Wildman–Crippen LogP) is 2.34. The molecule has 0 aliphatic carbocycles. The van der Waals surface area contributed by atoms with Crippen molar-refractivity contribution in [3.05, 3.63) is 35.7 Å². The topological polar surface area (TPSA) is 52.3 Å². The maximum Gasteiger partial charge on any atom is 0.165 e. The third-order valence-electron chi connectivity index (χ3n) is 3.01. The first-order valence-electron chi connectivity index (χ1n) is 5.77. The molecule has 1 aromatic rings. The van der Waals surface area contributed by atoms with E-state index >= 15 is 0 Å². The molecule has 2 rings (SSSR count). The lowest BCUT2D eigenvalue weighted by Crippen LogP contribution is -2.32. The zero-order chi connectivity index (χ0) is 14.2. The second-order valence-electron chi connectivity index (χ2n) is 4.90. The largest absolute Gasteiger partial charge is 0.486 e. The average Bonchev–Trinajstić information content (AvgIpc) is 2.33. The first kappa shape index (κ1) is 14.1. The minimum absolute atomic E-state index is 0.0289. The molecule has 104 valence electrons. The van der Waals surface area contributed by atoms with Gasteiger partial charge in [-0.1, -0.05) is 18.2 Å². The number of para-hydroxylation sites is 1. The standard InChI is InChI=1S/C13H15F2NO2S/c1-13(2,19(16)17)6-9-8-4-3-5-10(14)12(8)18-7-11(9)15/h3-6,11H,7,16H2,1-2H3/t11-,19?/m0/s1. The van der Waals surface area contributed by atoms with Crippen molar-refractivity contribution in [2.75, 3.05) is 6.61 Å². The van der Waals surface area contributed by atoms with Gasteiger partial charge in [0.25, 0.3) is 0 Å². The van der Waals surface area contributed by atoms with Crippen molar-refractivity contribution in [3.63, 3.8) is 0 Å². The number of hydrogen-bond donors (Lipinski definition) is 1. The van der Waals surface area contributed by atoms with Gasteiger partial charge in [-0.05, 0) is 25.5 Å². The van der Waals surface area contributed by atoms with Gasteiger partial charge in [0.15, 0.2) is 17.7 Å². The molecule has 0 fully saturated rings. The number of benzene rings is 1. The maximum absolute atomic E-state index is 14.0. The molecule has 2 N–H and O–H groups in total. The highest BCUT2D eigenvalue weighted by Gasteiger charge is 2.31. The second-order valence-corrected chi connectivity index (χ2v) is 6.54. The van der Waals surface area contributed by atoms with E-state index in [0.717, 1.165) is 0 Å². The molecule has 2 atom stereocenters. The van der Waals surface area contributed by atoms with Crippen LogP contribution in [-0.2, 0) is 11.0 Å². The summed E-state index contributed by atoms with van der Waals surface area (Å²) in [4.78, 5) is 0. The van der Waals surface area contributed by atoms with E-state index in [1.807, 2.05) is 0 Å². The monoisotopic (exact) mass is 287 g/mol. The molecule has 1 aromatic carbocycles. The van der Waals surface area contributed by atoms with E-state index < -0.39 is 27.7 Å². The molecule has 0 aromatic heterocycles. The van der Waals surface area contributed by atoms with Crippen molar-refractivity contribution in [2.45, 2.75) is 24.8 Å². The Hall–Kier alpha value is -1.27. The lowest BCUT2D eigenvalue weighted by Gasteiger charge is -2.26. The van der Waals surface area contributed by atoms with Crippen molar-refractivity contribution in [1.82, 2.24) is 0 Å². The van der Waals surface area contributed by atoms with Crippen LogP contribution in [0.3, 0.4) is 0 Å². The summed E-state index contributed by atoms with van der Waals surface area (Å²) in [6.07, 6.45) is 0.103. The molecule has 1 aliphatic rings. The molecule has 0 spiro atoms. The van der Waals surface area contributed by atoms with E-state index in [-0.39, 0.29) is 17.9 Å². The second kappa shape index (κ2) is 5.02. The van der Waals surface area contributed by atoms with E-state index in [9.17, 15) is 13.0 Å². The van der Waals surface area contributed by atoms with E-state index in [1.54, 1.807) is 19.9 Å². The summed E-state index contributed by atoms with van der Waals surface area (Å²) in [7, 11) is -1.65. The summed E-state index contributed by atoms with van der Waals surface area (Å²) in [5, 5.41) is 5.38. The summed E-state index contributed by atoms with van der Waals surface area (Å²) in [5.41, 5.74) is 0.613. The first-order valence-corrected chi connectivity index (χ1v) is 6.99. The molecule has 1 heterocycles. The van der Waals surface area contributed by atoms with Gasteiger partial charge in [0.2, 0.25) is 0 Å². The number of fused-ring (bicyclic) bond motifs is 1. The fraction of sp³-hybridized carbons (Fsp3) is 0.385. The summed E-state index contributed by atoms with van der Waals surface area (Å²) in [6.45, 7) is 3.02. The molecule has 6 heteroatoms. The zero-order valence-electron chi connectivity index (χ0n) is 10.7. The van der Waals surface area contributed by atoms with Crippen molar-refractivity contribution >= 4 is 16.6 Å². The Labute approximate surface area is 113 Å². The highest BCUT2D eigenvalue weighted by Crippen LogP contribution is 2.37. The van der Waals surface area contributed by atoms with Crippen molar-refractivity contribution in [1.29, 1.82) is 0 Å². The van der Waals surface area contributed by atoms with Gasteiger partial charge in [-0.3, -0.25) is 5.14 Å². The first-order chi connectivity index (χ1) is 8.83. The van der Waals surface area contributed by atoms with Crippen LogP contribution in [0.2, 0.25) is 0 Å². The molecular formula is C13H15F2NO2S. The van der Waals surface area contributed by atoms with Gasteiger partial charge < -0.3 is 4.74 Å². The van der Waals surface area contributed by atoms with E-state index in [0.29, 0.717) is 5.56 Å². The Kier molecular flexibility index (Phi) is 3.73. The maximum atomic E-state index is 14.0. The Morgan fingerprint density at radius 2 is 2.21 bits per heavy atom. The molecule has 0 saturated heterocycles. The van der Waals surface area contributed by atoms with Gasteiger partial charge in [0.05, 0.1) is 15.7 Å². The van der Waals surface area contributed by atoms with Crippen LogP contribution in [0.25, 0.3) is 5.57 Å². The quantitative estimate of drug-likeness (QED) is 0.907. The minimum Gasteiger partial charge on any atom is -0.486 e. The number of rotatable bonds is 2. The fourth-order valence-electron chi connectivity index (χ4n) is 1.90. The molecule has 0 bridgehead atoms. The van der Waals surface area contributed by atoms with Gasteiger partial charge >= 0.3 is 0 Å². The van der Waals surface area contributed by atoms with Crippen LogP contribution in [0.15, 0.2) is 24.3 Å². The number of nitrogens with two attached hydrogens (primary N) is 1. The highest BCUT2D eigenvalue weighted by atomic mass is 32.2. The third-order valence-corrected chi connectivity index (χ3v) is 4.17. The van der Waals surface area contributed by atoms with Gasteiger partial charge in [-0.2, -0.15) is 0 Å². The van der Waals surface area contributed by atoms with Gasteiger partial charge in [-0.25, -0.2) is 13.0 Å². The molecule has 3 nitrogen and oxygen atoms in total. The number of halogens is 2. The Bertz CT molecular complexity index is 558. The van der Waals surface area contributed by atoms with Crippen molar-refractivity contribution < 1.29 is 17.7 Å². The number of alkyl halides is 1. The third kappa shape index (κ3) is 2.69. The van der Waals surface area contributed by atoms with E-state index in [1.165, 1.54) is 18.2 Å². The molecule has 1 unspecified atom stereocenters. The Morgan fingerprint density at radius 3 is 2.84 bits per heavy atom. The molecule has 1 aliphatic heterocycles. The summed E-state index contributed by atoms with van der Waals surface area (Å²) in [5.74, 6) is -0.511. The molecule has 0 amide bonds. The SMILES string of the molecule is CC(C)(C=C1c2cccc(F)c2OC[C@@H]1F)S(N)=O. The van der Waals surface area contributed by atoms with Gasteiger partial charge in [0.1, 0.15) is 6.61 Å². The Morgan fingerprint density at radius 1 is 1.53 bits per heavy atom. The lowest BCUT2D eigenvalue weighted by molar-refractivity contribution is 0.214. The molecule has 19 heavy (non-hydrogen) atoms. The lowest BCUT2D eigenvalue weighted by atomic mass is 9.94. The molecule has 0 radical (unpaired) electrons. The normalized spacial score (nSPS) is 22.8. The number of hydrogen-bond acceptors (Lipinski definition) is 2. The average molecular weight is 287 g/mol. The zero-order valence-corrected chi connectivity index (χ0v) is 11.5. The molecule has 0 saturated carbocycles. The summed E-state index contributed by atoms with van der Waals surface area (Å²) < 4.78 is 43.2. The fourth-order valence-corrected chi connectivity index (χ4v) is 2.14. The van der Waals surface area contributed by atoms with Crippen LogP contribution in [0.1, 0.15) is 19.4 Å². The summed E-state index contributed by atoms with van der Waals surface area (Å²) >= 11 is 0. The van der Waals surface area contributed by atoms with E-state index in [4.69, 9.17) is 9.88 Å². The van der Waals surface area contributed by atoms with Crippen LogP contribution in [0, 0.1) is 5.82 Å². The van der Waals surface area contributed by atoms with Crippen molar-refractivity contribution in [2.24, 2.45) is 5.14 Å². The van der Waals surface area contributed by atoms with Gasteiger partial charge in [0, 0.05) is 5.56 Å². The Balaban J connectivity index is 2.56. The molecular weight excluding hydrogens is 272 g/mol. The van der Waals surface area contributed by atoms with E-state index in [2.05, 4.69) is 0 Å². The predicted molar refractivity (Wildman–Crippen MR) is 71.2 cm³/mol. The summed E-state index contributed by atoms with van der Waals surface area (Å²) in [6, 6.07) is 4.31. The minimum atomic E-state index is -1.65. The highest BCUT2D eigenvalue weighted by molar-refractivity contribution is 7.84. The van der Waals surface area contributed by atoms with Crippen molar-refractivity contribution in [3.8, 4) is 5.75 Å². The smallest absolute Gasteiger partial charge is 0.165 e. The van der Waals surface area contributed by atoms with Crippen LogP contribution in [-0.4, -0.2) is 21.7 Å².